The van der Waals surface area contributed by atoms with Crippen LogP contribution in [0.4, 0.5) is 0 Å². The summed E-state index contributed by atoms with van der Waals surface area (Å²) in [6, 6.07) is 4.37. The Balaban J connectivity index is 2.48. The largest absolute Gasteiger partial charge is 0.493 e. The summed E-state index contributed by atoms with van der Waals surface area (Å²) in [6.07, 6.45) is 2.07. The molecule has 1 aromatic rings. The van der Waals surface area contributed by atoms with E-state index in [9.17, 15) is 0 Å². The van der Waals surface area contributed by atoms with Crippen LogP contribution in [-0.2, 0) is 6.42 Å². The Morgan fingerprint density at radius 3 is 2.74 bits per heavy atom. The predicted octanol–water partition coefficient (Wildman–Crippen LogP) is 4.36. The van der Waals surface area contributed by atoms with Gasteiger partial charge in [0.15, 0.2) is 0 Å². The summed E-state index contributed by atoms with van der Waals surface area (Å²) < 4.78 is 5.85. The number of hydrogen-bond donors (Lipinski definition) is 1. The number of benzene rings is 1. The first-order valence-corrected chi connectivity index (χ1v) is 7.56. The van der Waals surface area contributed by atoms with E-state index in [2.05, 4.69) is 39.1 Å². The Morgan fingerprint density at radius 1 is 1.37 bits per heavy atom. The highest BCUT2D eigenvalue weighted by Crippen LogP contribution is 2.44. The third kappa shape index (κ3) is 2.90. The second-order valence-corrected chi connectivity index (χ2v) is 6.35. The van der Waals surface area contributed by atoms with E-state index in [4.69, 9.17) is 16.3 Å². The molecule has 19 heavy (non-hydrogen) atoms. The molecule has 1 aliphatic rings. The van der Waals surface area contributed by atoms with Crippen LogP contribution in [-0.4, -0.2) is 13.2 Å². The Hall–Kier alpha value is -0.730. The van der Waals surface area contributed by atoms with E-state index in [-0.39, 0.29) is 11.5 Å². The molecular weight excluding hydrogens is 258 g/mol. The van der Waals surface area contributed by atoms with Gasteiger partial charge in [0, 0.05) is 23.0 Å². The minimum Gasteiger partial charge on any atom is -0.493 e. The summed E-state index contributed by atoms with van der Waals surface area (Å²) >= 11 is 6.28. The minimum absolute atomic E-state index is 0.167. The summed E-state index contributed by atoms with van der Waals surface area (Å²) in [4.78, 5) is 0. The molecule has 1 heterocycles. The van der Waals surface area contributed by atoms with Gasteiger partial charge in [0.1, 0.15) is 5.75 Å². The van der Waals surface area contributed by atoms with Crippen molar-refractivity contribution in [2.75, 3.05) is 13.2 Å². The van der Waals surface area contributed by atoms with Crippen molar-refractivity contribution in [2.24, 2.45) is 5.41 Å². The van der Waals surface area contributed by atoms with Gasteiger partial charge in [0.05, 0.1) is 6.61 Å². The van der Waals surface area contributed by atoms with E-state index >= 15 is 0 Å². The van der Waals surface area contributed by atoms with Gasteiger partial charge in [-0.25, -0.2) is 0 Å². The lowest BCUT2D eigenvalue weighted by atomic mass is 9.77. The highest BCUT2D eigenvalue weighted by Gasteiger charge is 2.32. The molecule has 0 radical (unpaired) electrons. The Labute approximate surface area is 121 Å². The lowest BCUT2D eigenvalue weighted by Crippen LogP contribution is -2.34. The quantitative estimate of drug-likeness (QED) is 0.866. The number of halogens is 1. The molecule has 0 bridgehead atoms. The first-order valence-electron chi connectivity index (χ1n) is 7.18. The van der Waals surface area contributed by atoms with Crippen molar-refractivity contribution in [3.8, 4) is 5.75 Å². The molecular formula is C16H24ClNO. The normalized spacial score (nSPS) is 16.1. The van der Waals surface area contributed by atoms with Crippen LogP contribution in [0.3, 0.4) is 0 Å². The number of hydrogen-bond acceptors (Lipinski definition) is 2. The average Bonchev–Trinajstić information content (AvgIpc) is 2.82. The van der Waals surface area contributed by atoms with Crippen LogP contribution >= 0.6 is 11.6 Å². The van der Waals surface area contributed by atoms with Gasteiger partial charge in [-0.1, -0.05) is 39.3 Å². The van der Waals surface area contributed by atoms with Crippen LogP contribution in [0.25, 0.3) is 0 Å². The van der Waals surface area contributed by atoms with Crippen LogP contribution in [0.15, 0.2) is 12.1 Å². The molecule has 2 rings (SSSR count). The molecule has 1 unspecified atom stereocenters. The lowest BCUT2D eigenvalue weighted by Gasteiger charge is -2.35. The molecule has 1 aromatic carbocycles. The number of ether oxygens (including phenoxy) is 1. The molecule has 2 nitrogen and oxygen atoms in total. The zero-order valence-corrected chi connectivity index (χ0v) is 13.1. The molecule has 0 aliphatic carbocycles. The predicted molar refractivity (Wildman–Crippen MR) is 81.1 cm³/mol. The highest BCUT2D eigenvalue weighted by molar-refractivity contribution is 6.30. The Bertz CT molecular complexity index is 456. The number of rotatable bonds is 5. The second kappa shape index (κ2) is 5.72. The van der Waals surface area contributed by atoms with Gasteiger partial charge in [-0.3, -0.25) is 0 Å². The van der Waals surface area contributed by atoms with Crippen LogP contribution in [0.2, 0.25) is 5.02 Å². The summed E-state index contributed by atoms with van der Waals surface area (Å²) in [6.45, 7) is 10.7. The molecule has 0 saturated carbocycles. The van der Waals surface area contributed by atoms with Gasteiger partial charge in [0.2, 0.25) is 0 Å². The first-order chi connectivity index (χ1) is 8.99. The van der Waals surface area contributed by atoms with E-state index < -0.39 is 0 Å². The van der Waals surface area contributed by atoms with E-state index in [1.165, 1.54) is 11.1 Å². The van der Waals surface area contributed by atoms with Gasteiger partial charge in [-0.15, -0.1) is 0 Å². The van der Waals surface area contributed by atoms with Crippen molar-refractivity contribution in [2.45, 2.75) is 46.6 Å². The molecule has 0 fully saturated rings. The molecule has 106 valence electrons. The smallest absolute Gasteiger partial charge is 0.127 e. The highest BCUT2D eigenvalue weighted by atomic mass is 35.5. The zero-order chi connectivity index (χ0) is 14.0. The van der Waals surface area contributed by atoms with Crippen molar-refractivity contribution in [1.82, 2.24) is 5.32 Å². The lowest BCUT2D eigenvalue weighted by molar-refractivity contribution is 0.230. The third-order valence-corrected chi connectivity index (χ3v) is 4.41. The molecule has 1 atom stereocenters. The van der Waals surface area contributed by atoms with Gasteiger partial charge in [-0.05, 0) is 36.1 Å². The first kappa shape index (κ1) is 14.7. The van der Waals surface area contributed by atoms with Gasteiger partial charge < -0.3 is 10.1 Å². The molecule has 0 spiro atoms. The number of fused-ring (bicyclic) bond motifs is 1. The maximum absolute atomic E-state index is 6.28. The van der Waals surface area contributed by atoms with Crippen LogP contribution < -0.4 is 10.1 Å². The summed E-state index contributed by atoms with van der Waals surface area (Å²) in [5.74, 6) is 1.05. The van der Waals surface area contributed by atoms with E-state index in [0.717, 1.165) is 36.8 Å². The molecule has 3 heteroatoms. The second-order valence-electron chi connectivity index (χ2n) is 5.91. The molecule has 1 aliphatic heterocycles. The van der Waals surface area contributed by atoms with Gasteiger partial charge >= 0.3 is 0 Å². The van der Waals surface area contributed by atoms with Crippen LogP contribution in [0.1, 0.15) is 51.3 Å². The standard InChI is InChI=1S/C16H24ClNO/c1-5-16(3,4)15(18-6-2)13-10-12(17)9-11-7-8-19-14(11)13/h9-10,15,18H,5-8H2,1-4H3. The van der Waals surface area contributed by atoms with Crippen LogP contribution in [0, 0.1) is 5.41 Å². The SMILES string of the molecule is CCNC(c1cc(Cl)cc2c1OCC2)C(C)(C)CC. The monoisotopic (exact) mass is 281 g/mol. The molecule has 0 saturated heterocycles. The minimum atomic E-state index is 0.167. The summed E-state index contributed by atoms with van der Waals surface area (Å²) in [5, 5.41) is 4.42. The zero-order valence-electron chi connectivity index (χ0n) is 12.3. The third-order valence-electron chi connectivity index (χ3n) is 4.19. The van der Waals surface area contributed by atoms with Crippen molar-refractivity contribution in [3.63, 3.8) is 0 Å². The Kier molecular flexibility index (Phi) is 4.42. The fraction of sp³-hybridized carbons (Fsp3) is 0.625. The fourth-order valence-corrected chi connectivity index (χ4v) is 2.98. The molecule has 1 N–H and O–H groups in total. The van der Waals surface area contributed by atoms with Gasteiger partial charge in [0.25, 0.3) is 0 Å². The van der Waals surface area contributed by atoms with Crippen molar-refractivity contribution < 1.29 is 4.74 Å². The summed E-state index contributed by atoms with van der Waals surface area (Å²) in [7, 11) is 0. The number of nitrogens with one attached hydrogen (secondary N) is 1. The van der Waals surface area contributed by atoms with E-state index in [1.807, 2.05) is 6.07 Å². The topological polar surface area (TPSA) is 21.3 Å². The maximum Gasteiger partial charge on any atom is 0.127 e. The Morgan fingerprint density at radius 2 is 2.11 bits per heavy atom. The fourth-order valence-electron chi connectivity index (χ4n) is 2.73. The van der Waals surface area contributed by atoms with Crippen LogP contribution in [0.5, 0.6) is 5.75 Å². The average molecular weight is 282 g/mol. The van der Waals surface area contributed by atoms with Crippen molar-refractivity contribution in [1.29, 1.82) is 0 Å². The van der Waals surface area contributed by atoms with Gasteiger partial charge in [-0.2, -0.15) is 0 Å². The molecule has 0 amide bonds. The van der Waals surface area contributed by atoms with E-state index in [0.29, 0.717) is 0 Å². The summed E-state index contributed by atoms with van der Waals surface area (Å²) in [5.41, 5.74) is 2.63. The van der Waals surface area contributed by atoms with Crippen molar-refractivity contribution in [3.05, 3.63) is 28.3 Å². The maximum atomic E-state index is 6.28. The van der Waals surface area contributed by atoms with Crippen molar-refractivity contribution >= 4 is 11.6 Å². The van der Waals surface area contributed by atoms with E-state index in [1.54, 1.807) is 0 Å². The molecule has 0 aromatic heterocycles.